The molecule has 1 saturated heterocycles. The van der Waals surface area contributed by atoms with Crippen molar-refractivity contribution < 1.29 is 9.90 Å². The van der Waals surface area contributed by atoms with Crippen molar-refractivity contribution >= 4 is 11.7 Å². The molecule has 1 atom stereocenters. The number of carbonyl (C=O) groups is 1. The van der Waals surface area contributed by atoms with E-state index in [1.807, 2.05) is 13.0 Å². The molecule has 0 radical (unpaired) electrons. The summed E-state index contributed by atoms with van der Waals surface area (Å²) in [6, 6.07) is 2.27. The maximum absolute atomic E-state index is 11.9. The Labute approximate surface area is 124 Å². The van der Waals surface area contributed by atoms with Gasteiger partial charge in [-0.1, -0.05) is 0 Å². The molecule has 114 valence electrons. The lowest BCUT2D eigenvalue weighted by atomic mass is 9.90. The number of aromatic nitrogens is 2. The van der Waals surface area contributed by atoms with Gasteiger partial charge in [0.2, 0.25) is 5.91 Å². The van der Waals surface area contributed by atoms with Crippen molar-refractivity contribution in [2.75, 3.05) is 18.0 Å². The highest BCUT2D eigenvalue weighted by molar-refractivity contribution is 5.81. The van der Waals surface area contributed by atoms with Gasteiger partial charge in [-0.05, 0) is 38.5 Å². The third kappa shape index (κ3) is 3.50. The highest BCUT2D eigenvalue weighted by Gasteiger charge is 2.33. The summed E-state index contributed by atoms with van der Waals surface area (Å²) in [4.78, 5) is 22.5. The fraction of sp³-hybridized carbons (Fsp3) is 0.667. The van der Waals surface area contributed by atoms with E-state index in [9.17, 15) is 9.90 Å². The van der Waals surface area contributed by atoms with Gasteiger partial charge in [-0.25, -0.2) is 9.97 Å². The monoisotopic (exact) mass is 290 g/mol. The zero-order chi connectivity index (χ0) is 14.8. The lowest BCUT2D eigenvalue weighted by molar-refractivity contribution is -0.132. The Morgan fingerprint density at radius 1 is 1.33 bits per heavy atom. The molecule has 1 aliphatic carbocycles. The summed E-state index contributed by atoms with van der Waals surface area (Å²) >= 11 is 0. The lowest BCUT2D eigenvalue weighted by Gasteiger charge is -2.34. The SMILES string of the molecule is Cc1cc(N2CCC([C@@H](O)C(=O)NC3CC3)CC2)ncn1. The Kier molecular flexibility index (Phi) is 4.05. The standard InChI is InChI=1S/C15H22N4O2/c1-10-8-13(17-9-16-10)19-6-4-11(5-7-19)14(20)15(21)18-12-2-3-12/h8-9,11-12,14,20H,2-7H2,1H3,(H,18,21)/t14-/m1/s1. The van der Waals surface area contributed by atoms with Gasteiger partial charge in [0.05, 0.1) is 0 Å². The predicted octanol–water partition coefficient (Wildman–Crippen LogP) is 0.641. The quantitative estimate of drug-likeness (QED) is 0.851. The molecule has 2 N–H and O–H groups in total. The maximum Gasteiger partial charge on any atom is 0.249 e. The smallest absolute Gasteiger partial charge is 0.249 e. The summed E-state index contributed by atoms with van der Waals surface area (Å²) in [5.74, 6) is 0.773. The number of aliphatic hydroxyl groups is 1. The predicted molar refractivity (Wildman–Crippen MR) is 78.9 cm³/mol. The fourth-order valence-electron chi connectivity index (χ4n) is 2.79. The normalized spacial score (nSPS) is 21.1. The van der Waals surface area contributed by atoms with E-state index >= 15 is 0 Å². The summed E-state index contributed by atoms with van der Waals surface area (Å²) in [5.41, 5.74) is 0.950. The second-order valence-corrected chi connectivity index (χ2v) is 6.07. The number of amides is 1. The zero-order valence-electron chi connectivity index (χ0n) is 12.3. The van der Waals surface area contributed by atoms with Crippen LogP contribution in [0.3, 0.4) is 0 Å². The molecule has 1 saturated carbocycles. The minimum Gasteiger partial charge on any atom is -0.383 e. The highest BCUT2D eigenvalue weighted by Crippen LogP contribution is 2.25. The number of hydrogen-bond acceptors (Lipinski definition) is 5. The average molecular weight is 290 g/mol. The molecule has 1 aromatic rings. The second kappa shape index (κ2) is 5.97. The van der Waals surface area contributed by atoms with Crippen LogP contribution in [0.4, 0.5) is 5.82 Å². The van der Waals surface area contributed by atoms with Crippen molar-refractivity contribution in [2.45, 2.75) is 44.8 Å². The Morgan fingerprint density at radius 3 is 2.67 bits per heavy atom. The summed E-state index contributed by atoms with van der Waals surface area (Å²) in [7, 11) is 0. The molecule has 0 aromatic carbocycles. The molecule has 21 heavy (non-hydrogen) atoms. The third-order valence-corrected chi connectivity index (χ3v) is 4.29. The minimum atomic E-state index is -0.875. The van der Waals surface area contributed by atoms with Gasteiger partial charge in [-0.3, -0.25) is 4.79 Å². The van der Waals surface area contributed by atoms with Gasteiger partial charge < -0.3 is 15.3 Å². The molecule has 3 rings (SSSR count). The first-order valence-corrected chi connectivity index (χ1v) is 7.65. The number of carbonyl (C=O) groups excluding carboxylic acids is 1. The minimum absolute atomic E-state index is 0.0444. The van der Waals surface area contributed by atoms with Crippen LogP contribution in [0.2, 0.25) is 0 Å². The van der Waals surface area contributed by atoms with Crippen LogP contribution < -0.4 is 10.2 Å². The molecular formula is C15H22N4O2. The first kappa shape index (κ1) is 14.3. The van der Waals surface area contributed by atoms with E-state index in [1.54, 1.807) is 6.33 Å². The molecule has 2 aliphatic rings. The van der Waals surface area contributed by atoms with Crippen LogP contribution in [0, 0.1) is 12.8 Å². The van der Waals surface area contributed by atoms with Gasteiger partial charge in [-0.15, -0.1) is 0 Å². The molecular weight excluding hydrogens is 268 g/mol. The Balaban J connectivity index is 1.53. The molecule has 1 amide bonds. The molecule has 0 bridgehead atoms. The molecule has 2 heterocycles. The van der Waals surface area contributed by atoms with Crippen molar-refractivity contribution in [3.8, 4) is 0 Å². The number of piperidine rings is 1. The van der Waals surface area contributed by atoms with Crippen LogP contribution >= 0.6 is 0 Å². The molecule has 2 fully saturated rings. The molecule has 6 heteroatoms. The second-order valence-electron chi connectivity index (χ2n) is 6.07. The van der Waals surface area contributed by atoms with E-state index in [0.717, 1.165) is 50.3 Å². The average Bonchev–Trinajstić information content (AvgIpc) is 3.30. The number of hydrogen-bond donors (Lipinski definition) is 2. The van der Waals surface area contributed by atoms with Crippen molar-refractivity contribution in [3.63, 3.8) is 0 Å². The lowest BCUT2D eigenvalue weighted by Crippen LogP contribution is -2.45. The van der Waals surface area contributed by atoms with Crippen molar-refractivity contribution in [3.05, 3.63) is 18.1 Å². The number of rotatable bonds is 4. The van der Waals surface area contributed by atoms with E-state index < -0.39 is 6.10 Å². The summed E-state index contributed by atoms with van der Waals surface area (Å²) < 4.78 is 0. The summed E-state index contributed by atoms with van der Waals surface area (Å²) in [5, 5.41) is 13.0. The maximum atomic E-state index is 11.9. The van der Waals surface area contributed by atoms with E-state index in [2.05, 4.69) is 20.2 Å². The van der Waals surface area contributed by atoms with Crippen LogP contribution in [-0.4, -0.2) is 46.2 Å². The highest BCUT2D eigenvalue weighted by atomic mass is 16.3. The molecule has 0 unspecified atom stereocenters. The van der Waals surface area contributed by atoms with Gasteiger partial charge in [0.25, 0.3) is 0 Å². The van der Waals surface area contributed by atoms with E-state index in [-0.39, 0.29) is 11.8 Å². The van der Waals surface area contributed by atoms with Crippen LogP contribution in [0.1, 0.15) is 31.4 Å². The van der Waals surface area contributed by atoms with Crippen LogP contribution in [-0.2, 0) is 4.79 Å². The molecule has 0 spiro atoms. The largest absolute Gasteiger partial charge is 0.383 e. The summed E-state index contributed by atoms with van der Waals surface area (Å²) in [6.07, 6.45) is 4.41. The molecule has 1 aliphatic heterocycles. The van der Waals surface area contributed by atoms with Crippen LogP contribution in [0.5, 0.6) is 0 Å². The van der Waals surface area contributed by atoms with E-state index in [1.165, 1.54) is 0 Å². The Hall–Kier alpha value is -1.69. The van der Waals surface area contributed by atoms with Crippen LogP contribution in [0.15, 0.2) is 12.4 Å². The van der Waals surface area contributed by atoms with E-state index in [4.69, 9.17) is 0 Å². The summed E-state index contributed by atoms with van der Waals surface area (Å²) in [6.45, 7) is 3.58. The molecule has 1 aromatic heterocycles. The van der Waals surface area contributed by atoms with Gasteiger partial charge in [0.15, 0.2) is 0 Å². The zero-order valence-corrected chi connectivity index (χ0v) is 12.3. The topological polar surface area (TPSA) is 78.4 Å². The first-order chi connectivity index (χ1) is 10.1. The van der Waals surface area contributed by atoms with Gasteiger partial charge >= 0.3 is 0 Å². The van der Waals surface area contributed by atoms with Gasteiger partial charge in [0, 0.05) is 30.9 Å². The number of nitrogens with zero attached hydrogens (tertiary/aromatic N) is 3. The van der Waals surface area contributed by atoms with Gasteiger partial charge in [0.1, 0.15) is 18.2 Å². The Bertz CT molecular complexity index is 510. The third-order valence-electron chi connectivity index (χ3n) is 4.29. The Morgan fingerprint density at radius 2 is 2.05 bits per heavy atom. The number of aliphatic hydroxyl groups excluding tert-OH is 1. The molecule has 6 nitrogen and oxygen atoms in total. The van der Waals surface area contributed by atoms with Crippen LogP contribution in [0.25, 0.3) is 0 Å². The van der Waals surface area contributed by atoms with Crippen molar-refractivity contribution in [1.82, 2.24) is 15.3 Å². The van der Waals surface area contributed by atoms with E-state index in [0.29, 0.717) is 6.04 Å². The first-order valence-electron chi connectivity index (χ1n) is 7.65. The number of aryl methyl sites for hydroxylation is 1. The van der Waals surface area contributed by atoms with Crippen molar-refractivity contribution in [2.24, 2.45) is 5.92 Å². The van der Waals surface area contributed by atoms with Crippen molar-refractivity contribution in [1.29, 1.82) is 0 Å². The fourth-order valence-corrected chi connectivity index (χ4v) is 2.79. The number of anilines is 1. The number of nitrogens with one attached hydrogen (secondary N) is 1. The van der Waals surface area contributed by atoms with Gasteiger partial charge in [-0.2, -0.15) is 0 Å².